The highest BCUT2D eigenvalue weighted by Gasteiger charge is 2.23. The quantitative estimate of drug-likeness (QED) is 0.168. The zero-order chi connectivity index (χ0) is 35.6. The van der Waals surface area contributed by atoms with E-state index in [1.165, 1.54) is 10.8 Å². The topological polar surface area (TPSA) is 69.6 Å². The van der Waals surface area contributed by atoms with Crippen molar-refractivity contribution in [2.75, 3.05) is 0 Å². The molecule has 0 bridgehead atoms. The van der Waals surface area contributed by atoms with Crippen molar-refractivity contribution in [1.82, 2.24) is 24.5 Å². The highest BCUT2D eigenvalue weighted by Crippen LogP contribution is 2.45. The van der Waals surface area contributed by atoms with Crippen LogP contribution in [0.3, 0.4) is 0 Å². The van der Waals surface area contributed by atoms with Crippen molar-refractivity contribution in [2.24, 2.45) is 0 Å². The van der Waals surface area contributed by atoms with E-state index in [0.29, 0.717) is 23.4 Å². The Kier molecular flexibility index (Phi) is 6.75. The second-order valence-corrected chi connectivity index (χ2v) is 13.4. The molecular formula is C48H29N5O. The van der Waals surface area contributed by atoms with Gasteiger partial charge in [0.2, 0.25) is 5.89 Å². The summed E-state index contributed by atoms with van der Waals surface area (Å²) in [6.45, 7) is 0. The lowest BCUT2D eigenvalue weighted by atomic mass is 9.96. The molecule has 0 N–H and O–H groups in total. The molecule has 0 saturated heterocycles. The molecular weight excluding hydrogens is 663 g/mol. The average Bonchev–Trinajstić information content (AvgIpc) is 3.85. The van der Waals surface area contributed by atoms with Crippen molar-refractivity contribution in [1.29, 1.82) is 0 Å². The summed E-state index contributed by atoms with van der Waals surface area (Å²) in [5, 5.41) is 6.86. The molecule has 0 amide bonds. The Balaban J connectivity index is 1.22. The fourth-order valence-electron chi connectivity index (χ4n) is 7.83. The Morgan fingerprint density at radius 2 is 0.907 bits per heavy atom. The molecule has 6 heteroatoms. The Morgan fingerprint density at radius 1 is 0.389 bits per heavy atom. The number of benzene rings is 8. The number of fused-ring (bicyclic) bond motifs is 10. The van der Waals surface area contributed by atoms with Gasteiger partial charge in [-0.15, -0.1) is 0 Å². The Morgan fingerprint density at radius 3 is 1.56 bits per heavy atom. The summed E-state index contributed by atoms with van der Waals surface area (Å²) >= 11 is 0. The smallest absolute Gasteiger partial charge is 0.227 e. The molecule has 6 nitrogen and oxygen atoms in total. The number of aromatic nitrogens is 5. The summed E-state index contributed by atoms with van der Waals surface area (Å²) in [5.74, 6) is 2.46. The first kappa shape index (κ1) is 30.2. The van der Waals surface area contributed by atoms with Crippen molar-refractivity contribution in [3.63, 3.8) is 0 Å². The molecule has 0 aliphatic heterocycles. The molecule has 54 heavy (non-hydrogen) atoms. The minimum absolute atomic E-state index is 0.601. The summed E-state index contributed by atoms with van der Waals surface area (Å²) in [5.41, 5.74) is 8.39. The second-order valence-electron chi connectivity index (χ2n) is 13.4. The van der Waals surface area contributed by atoms with E-state index in [2.05, 4.69) is 89.5 Å². The van der Waals surface area contributed by atoms with Gasteiger partial charge in [-0.2, -0.15) is 0 Å². The van der Waals surface area contributed by atoms with E-state index in [1.54, 1.807) is 0 Å². The van der Waals surface area contributed by atoms with Crippen molar-refractivity contribution in [2.45, 2.75) is 0 Å². The zero-order valence-corrected chi connectivity index (χ0v) is 28.9. The first-order valence-electron chi connectivity index (χ1n) is 18.0. The number of rotatable bonds is 5. The van der Waals surface area contributed by atoms with Gasteiger partial charge in [0.15, 0.2) is 23.1 Å². The fourth-order valence-corrected chi connectivity index (χ4v) is 7.83. The molecule has 0 radical (unpaired) electrons. The van der Waals surface area contributed by atoms with E-state index in [0.717, 1.165) is 71.6 Å². The Labute approximate surface area is 309 Å². The predicted octanol–water partition coefficient (Wildman–Crippen LogP) is 12.1. The van der Waals surface area contributed by atoms with Gasteiger partial charge in [0.05, 0.1) is 16.4 Å². The molecule has 0 fully saturated rings. The average molecular weight is 692 g/mol. The van der Waals surface area contributed by atoms with Gasteiger partial charge in [-0.05, 0) is 52.6 Å². The lowest BCUT2D eigenvalue weighted by molar-refractivity contribution is 0.623. The van der Waals surface area contributed by atoms with E-state index in [9.17, 15) is 0 Å². The minimum atomic E-state index is 0.601. The van der Waals surface area contributed by atoms with E-state index < -0.39 is 0 Å². The fraction of sp³-hybridized carbons (Fsp3) is 0. The summed E-state index contributed by atoms with van der Waals surface area (Å²) in [4.78, 5) is 20.0. The predicted molar refractivity (Wildman–Crippen MR) is 218 cm³/mol. The van der Waals surface area contributed by atoms with Crippen LogP contribution in [-0.4, -0.2) is 24.5 Å². The Bertz CT molecular complexity index is 3150. The molecule has 3 aromatic heterocycles. The highest BCUT2D eigenvalue weighted by molar-refractivity contribution is 6.35. The van der Waals surface area contributed by atoms with Gasteiger partial charge in [-0.1, -0.05) is 140 Å². The number of nitrogens with zero attached hydrogens (tertiary/aromatic N) is 5. The third-order valence-corrected chi connectivity index (χ3v) is 10.2. The van der Waals surface area contributed by atoms with Crippen LogP contribution in [0.5, 0.6) is 0 Å². The number of hydrogen-bond acceptors (Lipinski definition) is 5. The van der Waals surface area contributed by atoms with Gasteiger partial charge in [-0.3, -0.25) is 0 Å². The van der Waals surface area contributed by atoms with Crippen molar-refractivity contribution in [3.8, 4) is 51.3 Å². The second kappa shape index (κ2) is 12.1. The van der Waals surface area contributed by atoms with Crippen LogP contribution in [0.25, 0.3) is 106 Å². The van der Waals surface area contributed by atoms with Gasteiger partial charge >= 0.3 is 0 Å². The van der Waals surface area contributed by atoms with Gasteiger partial charge in [0.1, 0.15) is 5.52 Å². The van der Waals surface area contributed by atoms with Gasteiger partial charge < -0.3 is 8.98 Å². The molecule has 0 aliphatic rings. The zero-order valence-electron chi connectivity index (χ0n) is 28.9. The van der Waals surface area contributed by atoms with E-state index in [1.807, 2.05) is 91.0 Å². The maximum Gasteiger partial charge on any atom is 0.227 e. The van der Waals surface area contributed by atoms with Crippen molar-refractivity contribution >= 4 is 54.5 Å². The lowest BCUT2D eigenvalue weighted by Crippen LogP contribution is -2.01. The van der Waals surface area contributed by atoms with Crippen LogP contribution in [0.2, 0.25) is 0 Å². The van der Waals surface area contributed by atoms with Gasteiger partial charge in [0.25, 0.3) is 0 Å². The third kappa shape index (κ3) is 4.74. The lowest BCUT2D eigenvalue weighted by Gasteiger charge is -2.13. The van der Waals surface area contributed by atoms with E-state index in [-0.39, 0.29) is 0 Å². The molecule has 0 saturated carbocycles. The first-order chi connectivity index (χ1) is 26.8. The van der Waals surface area contributed by atoms with Crippen LogP contribution in [0.4, 0.5) is 0 Å². The maximum absolute atomic E-state index is 6.74. The molecule has 0 spiro atoms. The van der Waals surface area contributed by atoms with E-state index >= 15 is 0 Å². The number of oxazole rings is 1. The molecule has 0 atom stereocenters. The Hall–Kier alpha value is -7.44. The summed E-state index contributed by atoms with van der Waals surface area (Å²) in [6.07, 6.45) is 0. The normalized spacial score (nSPS) is 11.7. The molecule has 8 aromatic carbocycles. The van der Waals surface area contributed by atoms with Gasteiger partial charge in [0, 0.05) is 38.7 Å². The SMILES string of the molecule is c1ccc(-c2nc(-c3ccccc3)nc(-c3cccc(-n4c5ccc6nc(-c7ccccc7)oc6c5c5c6ccccc6c6ccccc6c54)c3)n2)cc1. The van der Waals surface area contributed by atoms with Crippen molar-refractivity contribution in [3.05, 3.63) is 176 Å². The van der Waals surface area contributed by atoms with Crippen molar-refractivity contribution < 1.29 is 4.42 Å². The largest absolute Gasteiger partial charge is 0.435 e. The first-order valence-corrected chi connectivity index (χ1v) is 18.0. The highest BCUT2D eigenvalue weighted by atomic mass is 16.3. The molecule has 0 unspecified atom stereocenters. The monoisotopic (exact) mass is 691 g/mol. The molecule has 11 rings (SSSR count). The van der Waals surface area contributed by atoms with Crippen LogP contribution in [0.1, 0.15) is 0 Å². The molecule has 252 valence electrons. The van der Waals surface area contributed by atoms with Crippen LogP contribution in [0, 0.1) is 0 Å². The standard InChI is InChI=1S/C48H29N5O/c1-4-15-30(16-5-1)45-50-46(31-17-6-2-7-18-31)52-47(51-45)33-21-14-22-34(29-33)53-40-28-27-39-44(54-48(49-39)32-19-8-3-9-20-32)42(40)41-37-25-12-10-23-35(37)36-24-11-13-26-38(36)43(41)53/h1-29H. The molecule has 0 aliphatic carbocycles. The van der Waals surface area contributed by atoms with Crippen LogP contribution >= 0.6 is 0 Å². The molecule has 3 heterocycles. The minimum Gasteiger partial charge on any atom is -0.435 e. The summed E-state index contributed by atoms with van der Waals surface area (Å²) < 4.78 is 9.10. The summed E-state index contributed by atoms with van der Waals surface area (Å²) in [7, 11) is 0. The van der Waals surface area contributed by atoms with Crippen LogP contribution in [-0.2, 0) is 0 Å². The van der Waals surface area contributed by atoms with Crippen LogP contribution < -0.4 is 0 Å². The maximum atomic E-state index is 6.74. The summed E-state index contributed by atoms with van der Waals surface area (Å²) in [6, 6.07) is 60.3. The molecule has 11 aromatic rings. The van der Waals surface area contributed by atoms with Gasteiger partial charge in [-0.25, -0.2) is 19.9 Å². The number of hydrogen-bond donors (Lipinski definition) is 0. The van der Waals surface area contributed by atoms with E-state index in [4.69, 9.17) is 24.4 Å². The van der Waals surface area contributed by atoms with Crippen LogP contribution in [0.15, 0.2) is 180 Å². The third-order valence-electron chi connectivity index (χ3n) is 10.2.